The number of carbonyl (C=O) groups excluding carboxylic acids is 2. The third-order valence-electron chi connectivity index (χ3n) is 3.83. The van der Waals surface area contributed by atoms with Gasteiger partial charge in [-0.3, -0.25) is 9.59 Å². The molecule has 0 fully saturated rings. The summed E-state index contributed by atoms with van der Waals surface area (Å²) in [6, 6.07) is 3.69. The Morgan fingerprint density at radius 1 is 1.30 bits per heavy atom. The second-order valence-electron chi connectivity index (χ2n) is 5.25. The molecule has 0 aromatic heterocycles. The largest absolute Gasteiger partial charge is 0.465 e. The fourth-order valence-electron chi connectivity index (χ4n) is 2.71. The third kappa shape index (κ3) is 1.57. The molecule has 2 aliphatic rings. The van der Waals surface area contributed by atoms with Crippen LogP contribution in [0.15, 0.2) is 12.1 Å². The van der Waals surface area contributed by atoms with Gasteiger partial charge in [-0.1, -0.05) is 0 Å². The Hall–Kier alpha value is -2.24. The molecule has 3 rings (SSSR count). The van der Waals surface area contributed by atoms with Crippen molar-refractivity contribution in [1.29, 1.82) is 0 Å². The first kappa shape index (κ1) is 12.8. The third-order valence-corrected chi connectivity index (χ3v) is 3.83. The summed E-state index contributed by atoms with van der Waals surface area (Å²) in [5.74, 6) is -0.863. The minimum atomic E-state index is -1.28. The van der Waals surface area contributed by atoms with Crippen molar-refractivity contribution in [3.63, 3.8) is 0 Å². The zero-order valence-corrected chi connectivity index (χ0v) is 11.7. The van der Waals surface area contributed by atoms with Crippen LogP contribution >= 0.6 is 0 Å². The molecule has 2 heterocycles. The van der Waals surface area contributed by atoms with Crippen molar-refractivity contribution in [1.82, 2.24) is 0 Å². The van der Waals surface area contributed by atoms with Gasteiger partial charge >= 0.3 is 5.97 Å². The number of fused-ring (bicyclic) bond motifs is 2. The first-order chi connectivity index (χ1) is 9.46. The van der Waals surface area contributed by atoms with E-state index in [1.54, 1.807) is 13.8 Å². The quantitative estimate of drug-likeness (QED) is 0.565. The van der Waals surface area contributed by atoms with E-state index in [9.17, 15) is 9.59 Å². The number of hydrogen-bond acceptors (Lipinski definition) is 5. The summed E-state index contributed by atoms with van der Waals surface area (Å²) in [5.41, 5.74) is 1.84. The van der Waals surface area contributed by atoms with E-state index in [4.69, 9.17) is 4.74 Å². The molecule has 0 saturated heterocycles. The van der Waals surface area contributed by atoms with Crippen LogP contribution in [-0.2, 0) is 19.7 Å². The molecule has 1 aromatic rings. The SMILES string of the molecule is CCOC(=O)C1(C)C(=O)Nc2cc3c(cc21)NC(C)N3. The Balaban J connectivity index is 2.09. The van der Waals surface area contributed by atoms with Crippen LogP contribution in [0.2, 0.25) is 0 Å². The maximum Gasteiger partial charge on any atom is 0.326 e. The Kier molecular flexibility index (Phi) is 2.64. The van der Waals surface area contributed by atoms with E-state index in [2.05, 4.69) is 16.0 Å². The number of ether oxygens (including phenoxy) is 1. The van der Waals surface area contributed by atoms with Gasteiger partial charge in [0.05, 0.1) is 24.1 Å². The molecule has 2 atom stereocenters. The average Bonchev–Trinajstić information content (AvgIpc) is 2.86. The maximum atomic E-state index is 12.2. The fraction of sp³-hybridized carbons (Fsp3) is 0.429. The molecule has 3 N–H and O–H groups in total. The second-order valence-corrected chi connectivity index (χ2v) is 5.25. The Labute approximate surface area is 116 Å². The lowest BCUT2D eigenvalue weighted by Gasteiger charge is -2.20. The number of amides is 1. The molecule has 6 nitrogen and oxygen atoms in total. The standard InChI is InChI=1S/C14H17N3O3/c1-4-20-13(19)14(3)8-5-10-11(16-7(2)15-10)6-9(8)17-12(14)18/h5-7,15-16H,4H2,1-3H3,(H,17,18). The lowest BCUT2D eigenvalue weighted by Crippen LogP contribution is -2.40. The van der Waals surface area contributed by atoms with Crippen LogP contribution in [0.4, 0.5) is 17.1 Å². The van der Waals surface area contributed by atoms with Crippen LogP contribution in [0.5, 0.6) is 0 Å². The molecule has 2 unspecified atom stereocenters. The van der Waals surface area contributed by atoms with Gasteiger partial charge < -0.3 is 20.7 Å². The number of rotatable bonds is 2. The van der Waals surface area contributed by atoms with Gasteiger partial charge in [-0.05, 0) is 32.9 Å². The van der Waals surface area contributed by atoms with Crippen molar-refractivity contribution < 1.29 is 14.3 Å². The molecule has 1 amide bonds. The molecule has 20 heavy (non-hydrogen) atoms. The number of anilines is 3. The molecule has 2 aliphatic heterocycles. The van der Waals surface area contributed by atoms with Gasteiger partial charge in [0, 0.05) is 11.3 Å². The van der Waals surface area contributed by atoms with Gasteiger partial charge in [-0.25, -0.2) is 0 Å². The Bertz CT molecular complexity index is 614. The maximum absolute atomic E-state index is 12.2. The normalized spacial score (nSPS) is 26.1. The van der Waals surface area contributed by atoms with Crippen LogP contribution in [0, 0.1) is 0 Å². The second kappa shape index (κ2) is 4.13. The van der Waals surface area contributed by atoms with E-state index >= 15 is 0 Å². The average molecular weight is 275 g/mol. The number of carbonyl (C=O) groups is 2. The number of nitrogens with one attached hydrogen (secondary N) is 3. The van der Waals surface area contributed by atoms with E-state index in [0.717, 1.165) is 11.4 Å². The predicted molar refractivity (Wildman–Crippen MR) is 75.8 cm³/mol. The smallest absolute Gasteiger partial charge is 0.326 e. The first-order valence-corrected chi connectivity index (χ1v) is 6.67. The molecule has 0 bridgehead atoms. The Morgan fingerprint density at radius 2 is 1.95 bits per heavy atom. The summed E-state index contributed by atoms with van der Waals surface area (Å²) in [4.78, 5) is 24.4. The van der Waals surface area contributed by atoms with Gasteiger partial charge in [0.15, 0.2) is 5.41 Å². The first-order valence-electron chi connectivity index (χ1n) is 6.67. The summed E-state index contributed by atoms with van der Waals surface area (Å²) in [6.45, 7) is 5.57. The van der Waals surface area contributed by atoms with E-state index < -0.39 is 11.4 Å². The highest BCUT2D eigenvalue weighted by Crippen LogP contribution is 2.44. The zero-order chi connectivity index (χ0) is 14.5. The number of benzene rings is 1. The van der Waals surface area contributed by atoms with E-state index in [-0.39, 0.29) is 18.7 Å². The van der Waals surface area contributed by atoms with E-state index in [1.165, 1.54) is 0 Å². The monoisotopic (exact) mass is 275 g/mol. The Morgan fingerprint density at radius 3 is 2.60 bits per heavy atom. The van der Waals surface area contributed by atoms with Crippen LogP contribution in [0.3, 0.4) is 0 Å². The lowest BCUT2D eigenvalue weighted by molar-refractivity contribution is -0.152. The van der Waals surface area contributed by atoms with Crippen LogP contribution in [0.25, 0.3) is 0 Å². The van der Waals surface area contributed by atoms with Gasteiger partial charge in [-0.15, -0.1) is 0 Å². The van der Waals surface area contributed by atoms with E-state index in [1.807, 2.05) is 19.1 Å². The summed E-state index contributed by atoms with van der Waals surface area (Å²) in [7, 11) is 0. The highest BCUT2D eigenvalue weighted by molar-refractivity contribution is 6.19. The van der Waals surface area contributed by atoms with Crippen molar-refractivity contribution >= 4 is 28.9 Å². The molecule has 0 spiro atoms. The zero-order valence-electron chi connectivity index (χ0n) is 11.7. The molecule has 6 heteroatoms. The molecular formula is C14H17N3O3. The molecule has 106 valence electrons. The summed E-state index contributed by atoms with van der Waals surface area (Å²) >= 11 is 0. The summed E-state index contributed by atoms with van der Waals surface area (Å²) < 4.78 is 5.06. The van der Waals surface area contributed by atoms with Crippen LogP contribution < -0.4 is 16.0 Å². The van der Waals surface area contributed by atoms with E-state index in [0.29, 0.717) is 11.3 Å². The van der Waals surface area contributed by atoms with Gasteiger partial charge in [0.2, 0.25) is 5.91 Å². The molecule has 0 radical (unpaired) electrons. The fourth-order valence-corrected chi connectivity index (χ4v) is 2.71. The van der Waals surface area contributed by atoms with Gasteiger partial charge in [0.1, 0.15) is 0 Å². The van der Waals surface area contributed by atoms with Crippen molar-refractivity contribution in [2.45, 2.75) is 32.4 Å². The topological polar surface area (TPSA) is 79.5 Å². The lowest BCUT2D eigenvalue weighted by atomic mass is 9.83. The van der Waals surface area contributed by atoms with Gasteiger partial charge in [0.25, 0.3) is 0 Å². The van der Waals surface area contributed by atoms with Crippen molar-refractivity contribution in [2.24, 2.45) is 0 Å². The molecule has 0 saturated carbocycles. The minimum absolute atomic E-state index is 0.122. The van der Waals surface area contributed by atoms with Crippen LogP contribution in [0.1, 0.15) is 26.3 Å². The summed E-state index contributed by atoms with van der Waals surface area (Å²) in [6.07, 6.45) is 0.122. The van der Waals surface area contributed by atoms with Crippen molar-refractivity contribution in [2.75, 3.05) is 22.6 Å². The van der Waals surface area contributed by atoms with Crippen LogP contribution in [-0.4, -0.2) is 24.6 Å². The molecular weight excluding hydrogens is 258 g/mol. The highest BCUT2D eigenvalue weighted by atomic mass is 16.5. The van der Waals surface area contributed by atoms with Gasteiger partial charge in [-0.2, -0.15) is 0 Å². The number of esters is 1. The predicted octanol–water partition coefficient (Wildman–Crippen LogP) is 1.64. The number of hydrogen-bond donors (Lipinski definition) is 3. The minimum Gasteiger partial charge on any atom is -0.465 e. The highest BCUT2D eigenvalue weighted by Gasteiger charge is 2.51. The molecule has 0 aliphatic carbocycles. The van der Waals surface area contributed by atoms with Crippen molar-refractivity contribution in [3.05, 3.63) is 17.7 Å². The summed E-state index contributed by atoms with van der Waals surface area (Å²) in [5, 5.41) is 9.26. The molecule has 1 aromatic carbocycles. The van der Waals surface area contributed by atoms with Crippen molar-refractivity contribution in [3.8, 4) is 0 Å².